The minimum atomic E-state index is -0.782. The fourth-order valence-corrected chi connectivity index (χ4v) is 3.24. The molecular formula is C18H17Br2N3O4. The molecule has 0 aliphatic carbocycles. The van der Waals surface area contributed by atoms with Crippen LogP contribution in [0.2, 0.25) is 0 Å². The maximum absolute atomic E-state index is 12.2. The SMILES string of the molecule is COc1ccc(C(=O)NC(C)C(=O)N/N=C/c2cc(Br)c(O)c(Br)c2)cc1. The Balaban J connectivity index is 1.92. The van der Waals surface area contributed by atoms with Gasteiger partial charge in [0.2, 0.25) is 0 Å². The van der Waals surface area contributed by atoms with Crippen molar-refractivity contribution >= 4 is 49.9 Å². The second-order valence-corrected chi connectivity index (χ2v) is 7.20. The Bertz CT molecular complexity index is 846. The largest absolute Gasteiger partial charge is 0.506 e. The first-order chi connectivity index (χ1) is 12.8. The number of halogens is 2. The lowest BCUT2D eigenvalue weighted by molar-refractivity contribution is -0.122. The molecule has 0 aliphatic heterocycles. The third-order valence-corrected chi connectivity index (χ3v) is 4.73. The van der Waals surface area contributed by atoms with Crippen molar-refractivity contribution < 1.29 is 19.4 Å². The van der Waals surface area contributed by atoms with E-state index in [1.165, 1.54) is 13.3 Å². The predicted molar refractivity (Wildman–Crippen MR) is 109 cm³/mol. The van der Waals surface area contributed by atoms with E-state index in [0.717, 1.165) is 0 Å². The predicted octanol–water partition coefficient (Wildman–Crippen LogP) is 3.19. The number of ether oxygens (including phenoxy) is 1. The molecule has 0 heterocycles. The van der Waals surface area contributed by atoms with Crippen LogP contribution in [0.15, 0.2) is 50.4 Å². The zero-order valence-corrected chi connectivity index (χ0v) is 17.7. The van der Waals surface area contributed by atoms with E-state index in [0.29, 0.717) is 25.8 Å². The van der Waals surface area contributed by atoms with E-state index in [9.17, 15) is 14.7 Å². The van der Waals surface area contributed by atoms with Crippen LogP contribution in [0.1, 0.15) is 22.8 Å². The van der Waals surface area contributed by atoms with Gasteiger partial charge in [-0.3, -0.25) is 9.59 Å². The Morgan fingerprint density at radius 1 is 1.19 bits per heavy atom. The van der Waals surface area contributed by atoms with Crippen LogP contribution in [0.3, 0.4) is 0 Å². The number of amides is 2. The summed E-state index contributed by atoms with van der Waals surface area (Å²) in [6, 6.07) is 9.05. The fourth-order valence-electron chi connectivity index (χ4n) is 2.01. The average molecular weight is 499 g/mol. The lowest BCUT2D eigenvalue weighted by atomic mass is 10.2. The van der Waals surface area contributed by atoms with Crippen LogP contribution in [0.25, 0.3) is 0 Å². The van der Waals surface area contributed by atoms with Gasteiger partial charge in [-0.15, -0.1) is 0 Å². The highest BCUT2D eigenvalue weighted by molar-refractivity contribution is 9.11. The van der Waals surface area contributed by atoms with Gasteiger partial charge in [0.1, 0.15) is 17.5 Å². The van der Waals surface area contributed by atoms with Crippen molar-refractivity contribution in [3.8, 4) is 11.5 Å². The van der Waals surface area contributed by atoms with Crippen molar-refractivity contribution in [1.29, 1.82) is 0 Å². The first-order valence-electron chi connectivity index (χ1n) is 7.77. The minimum absolute atomic E-state index is 0.0750. The first-order valence-corrected chi connectivity index (χ1v) is 9.36. The minimum Gasteiger partial charge on any atom is -0.506 e. The van der Waals surface area contributed by atoms with E-state index >= 15 is 0 Å². The van der Waals surface area contributed by atoms with E-state index in [2.05, 4.69) is 47.7 Å². The molecule has 27 heavy (non-hydrogen) atoms. The van der Waals surface area contributed by atoms with E-state index in [1.807, 2.05) is 0 Å². The second kappa shape index (κ2) is 9.52. The van der Waals surface area contributed by atoms with E-state index < -0.39 is 11.9 Å². The van der Waals surface area contributed by atoms with Crippen molar-refractivity contribution in [3.05, 3.63) is 56.5 Å². The van der Waals surface area contributed by atoms with Gasteiger partial charge in [0.05, 0.1) is 22.3 Å². The fraction of sp³-hybridized carbons (Fsp3) is 0.167. The third-order valence-electron chi connectivity index (χ3n) is 3.52. The number of methoxy groups -OCH3 is 1. The smallest absolute Gasteiger partial charge is 0.262 e. The van der Waals surface area contributed by atoms with Crippen LogP contribution < -0.4 is 15.5 Å². The number of carbonyl (C=O) groups is 2. The summed E-state index contributed by atoms with van der Waals surface area (Å²) < 4.78 is 6.02. The molecule has 0 radical (unpaired) electrons. The van der Waals surface area contributed by atoms with Gasteiger partial charge in [-0.2, -0.15) is 5.10 Å². The Labute approximate surface area is 173 Å². The number of benzene rings is 2. The van der Waals surface area contributed by atoms with E-state index in [1.54, 1.807) is 43.3 Å². The highest BCUT2D eigenvalue weighted by atomic mass is 79.9. The third kappa shape index (κ3) is 5.80. The van der Waals surface area contributed by atoms with Crippen LogP contribution in [0, 0.1) is 0 Å². The number of nitrogens with zero attached hydrogens (tertiary/aromatic N) is 1. The maximum Gasteiger partial charge on any atom is 0.262 e. The molecule has 0 saturated carbocycles. The summed E-state index contributed by atoms with van der Waals surface area (Å²) in [5.41, 5.74) is 3.43. The molecule has 0 bridgehead atoms. The van der Waals surface area contributed by atoms with E-state index in [4.69, 9.17) is 4.74 Å². The van der Waals surface area contributed by atoms with Crippen LogP contribution >= 0.6 is 31.9 Å². The molecule has 1 atom stereocenters. The highest BCUT2D eigenvalue weighted by Crippen LogP contribution is 2.32. The van der Waals surface area contributed by atoms with Gasteiger partial charge in [-0.05, 0) is 80.7 Å². The molecule has 2 rings (SSSR count). The number of carbonyl (C=O) groups excluding carboxylic acids is 2. The second-order valence-electron chi connectivity index (χ2n) is 5.49. The molecule has 1 unspecified atom stereocenters. The Morgan fingerprint density at radius 2 is 1.78 bits per heavy atom. The normalized spacial score (nSPS) is 11.9. The average Bonchev–Trinajstić information content (AvgIpc) is 2.65. The molecule has 0 fully saturated rings. The van der Waals surface area contributed by atoms with Crippen LogP contribution in [-0.4, -0.2) is 36.3 Å². The number of nitrogens with one attached hydrogen (secondary N) is 2. The van der Waals surface area contributed by atoms with Crippen molar-refractivity contribution in [2.24, 2.45) is 5.10 Å². The Morgan fingerprint density at radius 3 is 2.33 bits per heavy atom. The van der Waals surface area contributed by atoms with Crippen LogP contribution in [-0.2, 0) is 4.79 Å². The van der Waals surface area contributed by atoms with Gasteiger partial charge in [-0.1, -0.05) is 0 Å². The van der Waals surface area contributed by atoms with Crippen LogP contribution in [0.5, 0.6) is 11.5 Å². The maximum atomic E-state index is 12.2. The molecule has 0 aliphatic rings. The van der Waals surface area contributed by atoms with Gasteiger partial charge in [-0.25, -0.2) is 5.43 Å². The van der Waals surface area contributed by atoms with Crippen molar-refractivity contribution in [2.75, 3.05) is 7.11 Å². The van der Waals surface area contributed by atoms with Gasteiger partial charge in [0, 0.05) is 5.56 Å². The molecule has 2 aromatic rings. The number of phenolic OH excluding ortho intramolecular Hbond substituents is 1. The number of phenols is 1. The zero-order chi connectivity index (χ0) is 20.0. The number of aromatic hydroxyl groups is 1. The number of hydrazone groups is 1. The molecule has 9 heteroatoms. The van der Waals surface area contributed by atoms with Crippen molar-refractivity contribution in [2.45, 2.75) is 13.0 Å². The zero-order valence-electron chi connectivity index (χ0n) is 14.5. The summed E-state index contributed by atoms with van der Waals surface area (Å²) in [6.45, 7) is 1.56. The summed E-state index contributed by atoms with van der Waals surface area (Å²) in [5, 5.41) is 16.1. The van der Waals surface area contributed by atoms with Crippen molar-refractivity contribution in [1.82, 2.24) is 10.7 Å². The van der Waals surface area contributed by atoms with Gasteiger partial charge in [0.15, 0.2) is 0 Å². The molecule has 7 nitrogen and oxygen atoms in total. The number of hydrogen-bond acceptors (Lipinski definition) is 5. The molecule has 0 aromatic heterocycles. The molecule has 0 spiro atoms. The summed E-state index contributed by atoms with van der Waals surface area (Å²) in [7, 11) is 1.54. The van der Waals surface area contributed by atoms with E-state index in [-0.39, 0.29) is 11.7 Å². The summed E-state index contributed by atoms with van der Waals surface area (Å²) in [4.78, 5) is 24.2. The Kier molecular flexibility index (Phi) is 7.37. The molecule has 0 saturated heterocycles. The Hall–Kier alpha value is -2.39. The molecular weight excluding hydrogens is 482 g/mol. The van der Waals surface area contributed by atoms with Gasteiger partial charge >= 0.3 is 0 Å². The lowest BCUT2D eigenvalue weighted by Crippen LogP contribution is -2.43. The first kappa shape index (κ1) is 20.9. The van der Waals surface area contributed by atoms with Crippen molar-refractivity contribution in [3.63, 3.8) is 0 Å². The monoisotopic (exact) mass is 497 g/mol. The number of rotatable bonds is 6. The highest BCUT2D eigenvalue weighted by Gasteiger charge is 2.16. The van der Waals surface area contributed by atoms with Crippen LogP contribution in [0.4, 0.5) is 0 Å². The molecule has 2 aromatic carbocycles. The van der Waals surface area contributed by atoms with Gasteiger partial charge in [0.25, 0.3) is 11.8 Å². The molecule has 142 valence electrons. The summed E-state index contributed by atoms with van der Waals surface area (Å²) in [6.07, 6.45) is 1.42. The molecule has 3 N–H and O–H groups in total. The molecule has 2 amide bonds. The topological polar surface area (TPSA) is 100 Å². The number of hydrogen-bond donors (Lipinski definition) is 3. The summed E-state index contributed by atoms with van der Waals surface area (Å²) in [5.74, 6) is -0.133. The van der Waals surface area contributed by atoms with Gasteiger partial charge < -0.3 is 15.2 Å². The summed E-state index contributed by atoms with van der Waals surface area (Å²) >= 11 is 6.43. The lowest BCUT2D eigenvalue weighted by Gasteiger charge is -2.12. The standard InChI is InChI=1S/C18H17Br2N3O4/c1-10(22-18(26)12-3-5-13(27-2)6-4-12)17(25)23-21-9-11-7-14(19)16(24)15(20)8-11/h3-10,24H,1-2H3,(H,22,26)(H,23,25)/b21-9+. The quantitative estimate of drug-likeness (QED) is 0.420.